The number of ether oxygens (including phenoxy) is 2. The van der Waals surface area contributed by atoms with Crippen LogP contribution in [-0.4, -0.2) is 71.8 Å². The summed E-state index contributed by atoms with van der Waals surface area (Å²) >= 11 is 1.63. The van der Waals surface area contributed by atoms with Gasteiger partial charge >= 0.3 is 0 Å². The van der Waals surface area contributed by atoms with E-state index in [4.69, 9.17) is 14.5 Å². The van der Waals surface area contributed by atoms with Gasteiger partial charge in [-0.2, -0.15) is 0 Å². The number of fused-ring (bicyclic) bond motifs is 3. The summed E-state index contributed by atoms with van der Waals surface area (Å²) in [6.45, 7) is 5.45. The molecule has 2 aromatic heterocycles. The van der Waals surface area contributed by atoms with Crippen LogP contribution >= 0.6 is 11.8 Å². The zero-order valence-electron chi connectivity index (χ0n) is 15.4. The van der Waals surface area contributed by atoms with Crippen LogP contribution < -0.4 is 5.56 Å². The molecular formula is C19H24N4O3S. The van der Waals surface area contributed by atoms with Gasteiger partial charge in [-0.3, -0.25) is 14.3 Å². The van der Waals surface area contributed by atoms with Crippen molar-refractivity contribution in [2.24, 2.45) is 0 Å². The summed E-state index contributed by atoms with van der Waals surface area (Å²) in [5, 5.41) is 1.74. The molecule has 1 fully saturated rings. The Morgan fingerprint density at radius 3 is 2.89 bits per heavy atom. The van der Waals surface area contributed by atoms with Gasteiger partial charge in [0.15, 0.2) is 5.16 Å². The fraction of sp³-hybridized carbons (Fsp3) is 0.474. The maximum Gasteiger partial charge on any atom is 0.278 e. The van der Waals surface area contributed by atoms with Crippen LogP contribution in [0.1, 0.15) is 0 Å². The maximum absolute atomic E-state index is 13.1. The fourth-order valence-corrected chi connectivity index (χ4v) is 4.37. The van der Waals surface area contributed by atoms with Crippen LogP contribution in [0.4, 0.5) is 0 Å². The van der Waals surface area contributed by atoms with Gasteiger partial charge in [0.1, 0.15) is 11.0 Å². The molecule has 1 aromatic carbocycles. The first-order valence-electron chi connectivity index (χ1n) is 9.21. The van der Waals surface area contributed by atoms with E-state index in [1.807, 2.05) is 24.3 Å². The van der Waals surface area contributed by atoms with Crippen molar-refractivity contribution in [3.63, 3.8) is 0 Å². The number of rotatable bonds is 7. The van der Waals surface area contributed by atoms with E-state index in [-0.39, 0.29) is 5.56 Å². The van der Waals surface area contributed by atoms with Gasteiger partial charge in [-0.25, -0.2) is 4.98 Å². The molecule has 0 atom stereocenters. The quantitative estimate of drug-likeness (QED) is 0.493. The summed E-state index contributed by atoms with van der Waals surface area (Å²) in [6, 6.07) is 7.90. The Labute approximate surface area is 161 Å². The first kappa shape index (κ1) is 18.5. The number of methoxy groups -OCH3 is 1. The van der Waals surface area contributed by atoms with Crippen molar-refractivity contribution in [2.75, 3.05) is 52.3 Å². The van der Waals surface area contributed by atoms with Gasteiger partial charge in [-0.1, -0.05) is 30.0 Å². The molecule has 0 spiro atoms. The highest BCUT2D eigenvalue weighted by molar-refractivity contribution is 7.99. The third-order valence-electron chi connectivity index (χ3n) is 4.84. The lowest BCUT2D eigenvalue weighted by atomic mass is 10.2. The minimum atomic E-state index is -0.0397. The normalized spacial score (nSPS) is 15.7. The van der Waals surface area contributed by atoms with Gasteiger partial charge in [-0.15, -0.1) is 0 Å². The highest BCUT2D eigenvalue weighted by atomic mass is 32.2. The molecule has 1 saturated heterocycles. The predicted molar refractivity (Wildman–Crippen MR) is 108 cm³/mol. The third kappa shape index (κ3) is 3.89. The Morgan fingerprint density at radius 1 is 1.26 bits per heavy atom. The standard InChI is InChI=1S/C19H24N4O3S/c1-25-10-8-23-18(24)17-16(14-4-2-3-5-15(14)20-17)21-19(23)27-13-9-22-6-11-26-12-7-22/h2-5,20H,6-13H2,1H3. The molecule has 3 aromatic rings. The summed E-state index contributed by atoms with van der Waals surface area (Å²) < 4.78 is 12.3. The van der Waals surface area contributed by atoms with Crippen LogP contribution in [-0.2, 0) is 16.0 Å². The highest BCUT2D eigenvalue weighted by Gasteiger charge is 2.16. The Kier molecular flexibility index (Phi) is 5.77. The molecule has 0 radical (unpaired) electrons. The molecule has 144 valence electrons. The SMILES string of the molecule is COCCn1c(SCCN2CCOCC2)nc2c([nH]c3ccccc32)c1=O. The minimum absolute atomic E-state index is 0.0397. The summed E-state index contributed by atoms with van der Waals surface area (Å²) in [5.41, 5.74) is 2.20. The zero-order valence-corrected chi connectivity index (χ0v) is 16.3. The van der Waals surface area contributed by atoms with Gasteiger partial charge in [0.05, 0.1) is 26.4 Å². The second kappa shape index (κ2) is 8.43. The van der Waals surface area contributed by atoms with Gasteiger partial charge in [0, 0.05) is 43.4 Å². The Balaban J connectivity index is 1.65. The van der Waals surface area contributed by atoms with Crippen molar-refractivity contribution in [1.82, 2.24) is 19.4 Å². The molecule has 4 rings (SSSR count). The molecule has 3 heterocycles. The van der Waals surface area contributed by atoms with E-state index in [0.717, 1.165) is 60.2 Å². The van der Waals surface area contributed by atoms with Crippen LogP contribution in [0.2, 0.25) is 0 Å². The first-order chi connectivity index (χ1) is 13.3. The van der Waals surface area contributed by atoms with Crippen LogP contribution in [0.3, 0.4) is 0 Å². The number of H-pyrrole nitrogens is 1. The van der Waals surface area contributed by atoms with Crippen LogP contribution in [0.15, 0.2) is 34.2 Å². The molecule has 0 unspecified atom stereocenters. The number of para-hydroxylation sites is 1. The van der Waals surface area contributed by atoms with Crippen LogP contribution in [0, 0.1) is 0 Å². The summed E-state index contributed by atoms with van der Waals surface area (Å²) in [6.07, 6.45) is 0. The summed E-state index contributed by atoms with van der Waals surface area (Å²) in [7, 11) is 1.64. The van der Waals surface area contributed by atoms with Gasteiger partial charge in [0.25, 0.3) is 5.56 Å². The summed E-state index contributed by atoms with van der Waals surface area (Å²) in [4.78, 5) is 23.6. The van der Waals surface area contributed by atoms with Crippen molar-refractivity contribution < 1.29 is 9.47 Å². The lowest BCUT2D eigenvalue weighted by molar-refractivity contribution is 0.0410. The van der Waals surface area contributed by atoms with E-state index in [2.05, 4.69) is 9.88 Å². The Bertz CT molecular complexity index is 978. The van der Waals surface area contributed by atoms with E-state index in [1.165, 1.54) is 0 Å². The van der Waals surface area contributed by atoms with Crippen LogP contribution in [0.25, 0.3) is 21.9 Å². The number of nitrogens with zero attached hydrogens (tertiary/aromatic N) is 3. The molecule has 1 aliphatic rings. The number of thioether (sulfide) groups is 1. The number of benzene rings is 1. The molecule has 0 bridgehead atoms. The fourth-order valence-electron chi connectivity index (χ4n) is 3.36. The van der Waals surface area contributed by atoms with Crippen molar-refractivity contribution in [2.45, 2.75) is 11.7 Å². The predicted octanol–water partition coefficient (Wildman–Crippen LogP) is 1.95. The zero-order chi connectivity index (χ0) is 18.6. The lowest BCUT2D eigenvalue weighted by Gasteiger charge is -2.26. The molecular weight excluding hydrogens is 364 g/mol. The number of aromatic nitrogens is 3. The molecule has 0 amide bonds. The molecule has 7 nitrogen and oxygen atoms in total. The number of aromatic amines is 1. The summed E-state index contributed by atoms with van der Waals surface area (Å²) in [5.74, 6) is 0.882. The van der Waals surface area contributed by atoms with E-state index >= 15 is 0 Å². The first-order valence-corrected chi connectivity index (χ1v) is 10.2. The Hall–Kier alpha value is -1.87. The van der Waals surface area contributed by atoms with E-state index in [1.54, 1.807) is 23.4 Å². The third-order valence-corrected chi connectivity index (χ3v) is 5.79. The molecule has 8 heteroatoms. The van der Waals surface area contributed by atoms with E-state index < -0.39 is 0 Å². The second-order valence-corrected chi connectivity index (χ2v) is 7.60. The maximum atomic E-state index is 13.1. The highest BCUT2D eigenvalue weighted by Crippen LogP contribution is 2.24. The van der Waals surface area contributed by atoms with Gasteiger partial charge in [0.2, 0.25) is 0 Å². The molecule has 0 saturated carbocycles. The van der Waals surface area contributed by atoms with Crippen molar-refractivity contribution in [3.05, 3.63) is 34.6 Å². The molecule has 1 N–H and O–H groups in total. The average Bonchev–Trinajstić information content (AvgIpc) is 3.08. The van der Waals surface area contributed by atoms with E-state index in [0.29, 0.717) is 18.7 Å². The van der Waals surface area contributed by atoms with E-state index in [9.17, 15) is 4.79 Å². The molecule has 0 aliphatic carbocycles. The van der Waals surface area contributed by atoms with Crippen molar-refractivity contribution in [3.8, 4) is 0 Å². The number of hydrogen-bond acceptors (Lipinski definition) is 6. The van der Waals surface area contributed by atoms with Gasteiger partial charge in [-0.05, 0) is 6.07 Å². The topological polar surface area (TPSA) is 72.4 Å². The smallest absolute Gasteiger partial charge is 0.278 e. The van der Waals surface area contributed by atoms with Crippen LogP contribution in [0.5, 0.6) is 0 Å². The van der Waals surface area contributed by atoms with Crippen molar-refractivity contribution in [1.29, 1.82) is 0 Å². The number of morpholine rings is 1. The monoisotopic (exact) mass is 388 g/mol. The number of nitrogens with one attached hydrogen (secondary N) is 1. The second-order valence-electron chi connectivity index (χ2n) is 6.54. The average molecular weight is 388 g/mol. The van der Waals surface area contributed by atoms with Gasteiger partial charge < -0.3 is 14.5 Å². The lowest BCUT2D eigenvalue weighted by Crippen LogP contribution is -2.37. The Morgan fingerprint density at radius 2 is 2.07 bits per heavy atom. The largest absolute Gasteiger partial charge is 0.383 e. The minimum Gasteiger partial charge on any atom is -0.383 e. The molecule has 1 aliphatic heterocycles. The van der Waals surface area contributed by atoms with Crippen molar-refractivity contribution >= 4 is 33.7 Å². The molecule has 27 heavy (non-hydrogen) atoms. The number of hydrogen-bond donors (Lipinski definition) is 1.